The van der Waals surface area contributed by atoms with Gasteiger partial charge in [0.25, 0.3) is 0 Å². The van der Waals surface area contributed by atoms with Gasteiger partial charge in [-0.2, -0.15) is 0 Å². The van der Waals surface area contributed by atoms with E-state index in [1.165, 1.54) is 13.2 Å². The maximum absolute atomic E-state index is 9.52. The monoisotopic (exact) mass is 244 g/mol. The van der Waals surface area contributed by atoms with Crippen molar-refractivity contribution in [3.05, 3.63) is 24.4 Å². The van der Waals surface area contributed by atoms with Gasteiger partial charge in [-0.25, -0.2) is 14.6 Å². The molecule has 0 aliphatic heterocycles. The van der Waals surface area contributed by atoms with Gasteiger partial charge >= 0.3 is 0 Å². The Balaban J connectivity index is 2.13. The van der Waals surface area contributed by atoms with E-state index in [4.69, 9.17) is 4.74 Å². The Labute approximate surface area is 101 Å². The van der Waals surface area contributed by atoms with Crippen LogP contribution in [0.15, 0.2) is 29.0 Å². The van der Waals surface area contributed by atoms with Gasteiger partial charge in [0.05, 0.1) is 19.0 Å². The third-order valence-corrected chi connectivity index (χ3v) is 2.47. The zero-order valence-electron chi connectivity index (χ0n) is 9.36. The van der Waals surface area contributed by atoms with Crippen molar-refractivity contribution in [2.75, 3.05) is 7.11 Å². The molecule has 2 aromatic heterocycles. The molecule has 7 nitrogen and oxygen atoms in total. The van der Waals surface area contributed by atoms with Crippen LogP contribution in [-0.2, 0) is 0 Å². The fourth-order valence-corrected chi connectivity index (χ4v) is 1.57. The smallest absolute Gasteiger partial charge is 0.243 e. The molecule has 0 atom stereocenters. The molecule has 0 saturated heterocycles. The van der Waals surface area contributed by atoms with Gasteiger partial charge in [0.1, 0.15) is 0 Å². The molecule has 0 saturated carbocycles. The zero-order valence-corrected chi connectivity index (χ0v) is 9.36. The van der Waals surface area contributed by atoms with Crippen molar-refractivity contribution in [3.8, 4) is 22.8 Å². The number of methoxy groups -OCH3 is 1. The highest BCUT2D eigenvalue weighted by Crippen LogP contribution is 2.30. The van der Waals surface area contributed by atoms with Crippen LogP contribution in [-0.4, -0.2) is 32.5 Å². The van der Waals surface area contributed by atoms with E-state index >= 15 is 0 Å². The summed E-state index contributed by atoms with van der Waals surface area (Å²) in [5.74, 6) is 0.436. The van der Waals surface area contributed by atoms with E-state index < -0.39 is 0 Å². The number of phenols is 1. The van der Waals surface area contributed by atoms with Crippen LogP contribution in [0.3, 0.4) is 0 Å². The average Bonchev–Trinajstić information content (AvgIpc) is 2.86. The predicted octanol–water partition coefficient (Wildman–Crippen LogP) is 1.39. The van der Waals surface area contributed by atoms with E-state index in [9.17, 15) is 5.11 Å². The molecule has 3 aromatic rings. The van der Waals surface area contributed by atoms with Crippen LogP contribution in [0.25, 0.3) is 22.6 Å². The van der Waals surface area contributed by atoms with Gasteiger partial charge in [-0.3, -0.25) is 0 Å². The van der Waals surface area contributed by atoms with E-state index in [-0.39, 0.29) is 5.75 Å². The molecule has 0 radical (unpaired) electrons. The molecule has 0 amide bonds. The molecule has 7 heteroatoms. The first kappa shape index (κ1) is 10.5. The number of hydrogen-bond acceptors (Lipinski definition) is 7. The van der Waals surface area contributed by atoms with Gasteiger partial charge in [-0.05, 0) is 28.5 Å². The number of nitrogens with zero attached hydrogens (tertiary/aromatic N) is 4. The fraction of sp³-hybridized carbons (Fsp3) is 0.0909. The Morgan fingerprint density at radius 3 is 2.89 bits per heavy atom. The van der Waals surface area contributed by atoms with Gasteiger partial charge in [-0.1, -0.05) is 0 Å². The SMILES string of the molecule is COc1cc(-c2cnc3nonc3n2)ccc1O. The van der Waals surface area contributed by atoms with Crippen molar-refractivity contribution in [3.63, 3.8) is 0 Å². The molecular formula is C11H8N4O3. The summed E-state index contributed by atoms with van der Waals surface area (Å²) in [5.41, 5.74) is 2.03. The van der Waals surface area contributed by atoms with Crippen LogP contribution in [0.5, 0.6) is 11.5 Å². The molecule has 1 aromatic carbocycles. The lowest BCUT2D eigenvalue weighted by atomic mass is 10.1. The molecule has 0 aliphatic rings. The van der Waals surface area contributed by atoms with Gasteiger partial charge in [0.15, 0.2) is 11.5 Å². The number of benzene rings is 1. The average molecular weight is 244 g/mol. The molecule has 0 fully saturated rings. The van der Waals surface area contributed by atoms with E-state index in [2.05, 4.69) is 24.9 Å². The minimum Gasteiger partial charge on any atom is -0.504 e. The summed E-state index contributed by atoms with van der Waals surface area (Å²) in [4.78, 5) is 8.31. The molecule has 18 heavy (non-hydrogen) atoms. The first-order valence-electron chi connectivity index (χ1n) is 5.10. The molecule has 1 N–H and O–H groups in total. The highest BCUT2D eigenvalue weighted by molar-refractivity contribution is 5.70. The number of ether oxygens (including phenoxy) is 1. The number of rotatable bonds is 2. The summed E-state index contributed by atoms with van der Waals surface area (Å²) in [7, 11) is 1.48. The molecule has 90 valence electrons. The van der Waals surface area contributed by atoms with E-state index in [0.29, 0.717) is 22.7 Å². The summed E-state index contributed by atoms with van der Waals surface area (Å²) in [6.45, 7) is 0. The number of aromatic nitrogens is 4. The first-order chi connectivity index (χ1) is 8.78. The van der Waals surface area contributed by atoms with Crippen LogP contribution in [0.2, 0.25) is 0 Å². The van der Waals surface area contributed by atoms with Gasteiger partial charge in [-0.15, -0.1) is 0 Å². The van der Waals surface area contributed by atoms with E-state index in [1.807, 2.05) is 0 Å². The van der Waals surface area contributed by atoms with E-state index in [0.717, 1.165) is 5.56 Å². The molecule has 3 rings (SSSR count). The minimum absolute atomic E-state index is 0.0680. The largest absolute Gasteiger partial charge is 0.504 e. The second kappa shape index (κ2) is 3.95. The Bertz CT molecular complexity index is 710. The Morgan fingerprint density at radius 2 is 2.06 bits per heavy atom. The molecule has 0 unspecified atom stereocenters. The number of aromatic hydroxyl groups is 1. The molecular weight excluding hydrogens is 236 g/mol. The van der Waals surface area contributed by atoms with Gasteiger partial charge < -0.3 is 9.84 Å². The highest BCUT2D eigenvalue weighted by atomic mass is 16.6. The van der Waals surface area contributed by atoms with Gasteiger partial charge in [0.2, 0.25) is 11.3 Å². The van der Waals surface area contributed by atoms with Crippen LogP contribution < -0.4 is 4.74 Å². The normalized spacial score (nSPS) is 10.7. The fourth-order valence-electron chi connectivity index (χ4n) is 1.57. The summed E-state index contributed by atoms with van der Waals surface area (Å²) in [6.07, 6.45) is 1.55. The quantitative estimate of drug-likeness (QED) is 0.727. The van der Waals surface area contributed by atoms with Crippen molar-refractivity contribution in [1.29, 1.82) is 0 Å². The summed E-state index contributed by atoms with van der Waals surface area (Å²) in [6, 6.07) is 4.90. The third kappa shape index (κ3) is 1.61. The second-order valence-corrected chi connectivity index (χ2v) is 3.55. The lowest BCUT2D eigenvalue weighted by molar-refractivity contribution is 0.314. The molecule has 0 aliphatic carbocycles. The predicted molar refractivity (Wildman–Crippen MR) is 61.0 cm³/mol. The van der Waals surface area contributed by atoms with E-state index in [1.54, 1.807) is 18.3 Å². The van der Waals surface area contributed by atoms with Crippen LogP contribution in [0.1, 0.15) is 0 Å². The van der Waals surface area contributed by atoms with Crippen LogP contribution >= 0.6 is 0 Å². The van der Waals surface area contributed by atoms with Crippen molar-refractivity contribution in [1.82, 2.24) is 20.3 Å². The summed E-state index contributed by atoms with van der Waals surface area (Å²) < 4.78 is 9.57. The zero-order chi connectivity index (χ0) is 12.5. The van der Waals surface area contributed by atoms with Gasteiger partial charge in [0, 0.05) is 5.56 Å². The van der Waals surface area contributed by atoms with Crippen molar-refractivity contribution >= 4 is 11.3 Å². The summed E-state index contributed by atoms with van der Waals surface area (Å²) in [5, 5.41) is 16.7. The topological polar surface area (TPSA) is 94.2 Å². The Morgan fingerprint density at radius 1 is 1.22 bits per heavy atom. The second-order valence-electron chi connectivity index (χ2n) is 3.55. The van der Waals surface area contributed by atoms with Crippen LogP contribution in [0.4, 0.5) is 0 Å². The number of phenolic OH excluding ortho intramolecular Hbond substituents is 1. The highest BCUT2D eigenvalue weighted by Gasteiger charge is 2.09. The minimum atomic E-state index is 0.0680. The molecule has 2 heterocycles. The lowest BCUT2D eigenvalue weighted by Crippen LogP contribution is -1.89. The Kier molecular flexibility index (Phi) is 2.30. The molecule has 0 bridgehead atoms. The lowest BCUT2D eigenvalue weighted by Gasteiger charge is -2.05. The Hall–Kier alpha value is -2.70. The number of hydrogen-bond donors (Lipinski definition) is 1. The van der Waals surface area contributed by atoms with Crippen LogP contribution in [0, 0.1) is 0 Å². The van der Waals surface area contributed by atoms with Crippen molar-refractivity contribution in [2.24, 2.45) is 0 Å². The maximum Gasteiger partial charge on any atom is 0.243 e. The first-order valence-corrected chi connectivity index (χ1v) is 5.10. The van der Waals surface area contributed by atoms with Crippen molar-refractivity contribution < 1.29 is 14.5 Å². The summed E-state index contributed by atoms with van der Waals surface area (Å²) >= 11 is 0. The third-order valence-electron chi connectivity index (χ3n) is 2.47. The number of fused-ring (bicyclic) bond motifs is 1. The standard InChI is InChI=1S/C11H8N4O3/c1-17-9-4-6(2-3-8(9)16)7-5-12-10-11(13-7)15-18-14-10/h2-5,16H,1H3. The van der Waals surface area contributed by atoms with Crippen molar-refractivity contribution in [2.45, 2.75) is 0 Å². The molecule has 0 spiro atoms. The maximum atomic E-state index is 9.52.